The van der Waals surface area contributed by atoms with E-state index in [0.29, 0.717) is 17.8 Å². The molecule has 1 aromatic rings. The number of carbonyl (C=O) groups excluding carboxylic acids is 1. The zero-order chi connectivity index (χ0) is 17.9. The van der Waals surface area contributed by atoms with E-state index in [0.717, 1.165) is 30.7 Å². The van der Waals surface area contributed by atoms with E-state index in [1.54, 1.807) is 0 Å². The number of rotatable bonds is 8. The van der Waals surface area contributed by atoms with Crippen molar-refractivity contribution in [3.05, 3.63) is 34.9 Å². The maximum absolute atomic E-state index is 12.4. The molecule has 3 atom stereocenters. The van der Waals surface area contributed by atoms with Crippen LogP contribution in [0.4, 0.5) is 0 Å². The largest absolute Gasteiger partial charge is 0.369 e. The molecule has 0 aliphatic heterocycles. The Hall–Kier alpha value is -1.02. The van der Waals surface area contributed by atoms with Crippen LogP contribution in [0.2, 0.25) is 5.02 Å². The van der Waals surface area contributed by atoms with Crippen LogP contribution in [-0.2, 0) is 10.2 Å². The average molecular weight is 350 g/mol. The van der Waals surface area contributed by atoms with Crippen molar-refractivity contribution >= 4 is 17.5 Å². The quantitative estimate of drug-likeness (QED) is 0.654. The van der Waals surface area contributed by atoms with Gasteiger partial charge in [0.05, 0.1) is 0 Å². The number of nitrogens with two attached hydrogens (primary N) is 1. The van der Waals surface area contributed by atoms with Gasteiger partial charge in [0.25, 0.3) is 0 Å². The summed E-state index contributed by atoms with van der Waals surface area (Å²) in [5.74, 6) is 0.977. The third-order valence-corrected chi connectivity index (χ3v) is 6.37. The second-order valence-electron chi connectivity index (χ2n) is 8.07. The van der Waals surface area contributed by atoms with Crippen molar-refractivity contribution in [1.29, 1.82) is 0 Å². The van der Waals surface area contributed by atoms with Crippen LogP contribution in [0, 0.1) is 23.7 Å². The second-order valence-corrected chi connectivity index (χ2v) is 8.50. The topological polar surface area (TPSA) is 43.1 Å². The van der Waals surface area contributed by atoms with Gasteiger partial charge >= 0.3 is 0 Å². The van der Waals surface area contributed by atoms with Crippen molar-refractivity contribution in [3.8, 4) is 0 Å². The van der Waals surface area contributed by atoms with Gasteiger partial charge in [-0.2, -0.15) is 0 Å². The summed E-state index contributed by atoms with van der Waals surface area (Å²) in [6, 6.07) is 8.27. The number of hydrogen-bond acceptors (Lipinski definition) is 1. The number of benzene rings is 1. The molecule has 2 rings (SSSR count). The van der Waals surface area contributed by atoms with E-state index in [9.17, 15) is 4.79 Å². The van der Waals surface area contributed by atoms with Gasteiger partial charge in [-0.15, -0.1) is 0 Å². The molecule has 1 fully saturated rings. The number of halogens is 1. The molecule has 24 heavy (non-hydrogen) atoms. The van der Waals surface area contributed by atoms with Crippen molar-refractivity contribution in [2.75, 3.05) is 0 Å². The van der Waals surface area contributed by atoms with Crippen molar-refractivity contribution in [2.24, 2.45) is 29.4 Å². The van der Waals surface area contributed by atoms with Crippen LogP contribution in [0.15, 0.2) is 24.3 Å². The highest BCUT2D eigenvalue weighted by atomic mass is 35.5. The summed E-state index contributed by atoms with van der Waals surface area (Å²) in [7, 11) is 0. The lowest BCUT2D eigenvalue weighted by atomic mass is 9.52. The molecule has 0 radical (unpaired) electrons. The zero-order valence-corrected chi connectivity index (χ0v) is 16.3. The Balaban J connectivity index is 2.47. The number of carbonyl (C=O) groups is 1. The minimum absolute atomic E-state index is 0.0617. The molecule has 1 aliphatic carbocycles. The van der Waals surface area contributed by atoms with Crippen molar-refractivity contribution in [1.82, 2.24) is 0 Å². The van der Waals surface area contributed by atoms with Crippen LogP contribution in [-0.4, -0.2) is 5.91 Å². The molecule has 3 heteroatoms. The van der Waals surface area contributed by atoms with Gasteiger partial charge in [-0.05, 0) is 60.1 Å². The van der Waals surface area contributed by atoms with E-state index in [4.69, 9.17) is 17.3 Å². The van der Waals surface area contributed by atoms with Crippen molar-refractivity contribution in [3.63, 3.8) is 0 Å². The molecule has 2 nitrogen and oxygen atoms in total. The Morgan fingerprint density at radius 2 is 1.79 bits per heavy atom. The Bertz CT molecular complexity index is 547. The van der Waals surface area contributed by atoms with Crippen LogP contribution < -0.4 is 5.73 Å². The van der Waals surface area contributed by atoms with Gasteiger partial charge in [-0.1, -0.05) is 64.3 Å². The number of amides is 1. The average Bonchev–Trinajstić information content (AvgIpc) is 2.47. The lowest BCUT2D eigenvalue weighted by Crippen LogP contribution is -2.50. The summed E-state index contributed by atoms with van der Waals surface area (Å²) in [6.45, 7) is 8.82. The minimum atomic E-state index is -0.129. The van der Waals surface area contributed by atoms with Gasteiger partial charge in [0.15, 0.2) is 0 Å². The third kappa shape index (κ3) is 3.79. The molecule has 2 N–H and O–H groups in total. The second kappa shape index (κ2) is 7.91. The van der Waals surface area contributed by atoms with E-state index in [1.165, 1.54) is 12.0 Å². The highest BCUT2D eigenvalue weighted by molar-refractivity contribution is 6.30. The third-order valence-electron chi connectivity index (χ3n) is 6.12. The molecule has 0 aromatic heterocycles. The fourth-order valence-corrected chi connectivity index (χ4v) is 4.69. The summed E-state index contributed by atoms with van der Waals surface area (Å²) in [4.78, 5) is 12.4. The van der Waals surface area contributed by atoms with Crippen molar-refractivity contribution in [2.45, 2.75) is 65.2 Å². The van der Waals surface area contributed by atoms with E-state index < -0.39 is 0 Å². The predicted molar refractivity (Wildman–Crippen MR) is 102 cm³/mol. The standard InChI is InChI=1S/C21H32ClNO/c1-5-15(4)19(20(23)24)18(13-14(2)3)21(11-6-12-21)16-7-9-17(22)10-8-16/h7-10,14-15,18-19H,5-6,11-13H2,1-4H3,(H2,23,24). The molecule has 0 spiro atoms. The summed E-state index contributed by atoms with van der Waals surface area (Å²) < 4.78 is 0. The van der Waals surface area contributed by atoms with Gasteiger partial charge in [0.2, 0.25) is 5.91 Å². The molecule has 3 unspecified atom stereocenters. The van der Waals surface area contributed by atoms with Crippen LogP contribution in [0.1, 0.15) is 65.4 Å². The van der Waals surface area contributed by atoms with Crippen LogP contribution in [0.25, 0.3) is 0 Å². The van der Waals surface area contributed by atoms with Gasteiger partial charge in [-0.3, -0.25) is 4.79 Å². The van der Waals surface area contributed by atoms with E-state index in [-0.39, 0.29) is 17.2 Å². The van der Waals surface area contributed by atoms with E-state index in [1.807, 2.05) is 12.1 Å². The molecule has 1 amide bonds. The normalized spacial score (nSPS) is 20.2. The van der Waals surface area contributed by atoms with E-state index in [2.05, 4.69) is 39.8 Å². The number of primary amides is 1. The summed E-state index contributed by atoms with van der Waals surface area (Å²) >= 11 is 6.10. The maximum atomic E-state index is 12.4. The first-order chi connectivity index (χ1) is 11.3. The van der Waals surface area contributed by atoms with Crippen LogP contribution in [0.3, 0.4) is 0 Å². The Morgan fingerprint density at radius 1 is 1.21 bits per heavy atom. The minimum Gasteiger partial charge on any atom is -0.369 e. The summed E-state index contributed by atoms with van der Waals surface area (Å²) in [6.07, 6.45) is 5.54. The first-order valence-electron chi connectivity index (χ1n) is 9.37. The molecule has 1 aromatic carbocycles. The van der Waals surface area contributed by atoms with Crippen molar-refractivity contribution < 1.29 is 4.79 Å². The molecule has 1 aliphatic rings. The molecule has 0 saturated heterocycles. The summed E-state index contributed by atoms with van der Waals surface area (Å²) in [5, 5.41) is 0.766. The Morgan fingerprint density at radius 3 is 2.17 bits per heavy atom. The molecule has 0 heterocycles. The molecule has 0 bridgehead atoms. The first-order valence-corrected chi connectivity index (χ1v) is 9.75. The lowest BCUT2D eigenvalue weighted by Gasteiger charge is -2.52. The van der Waals surface area contributed by atoms with Gasteiger partial charge in [0.1, 0.15) is 0 Å². The van der Waals surface area contributed by atoms with E-state index >= 15 is 0 Å². The smallest absolute Gasteiger partial charge is 0.221 e. The fraction of sp³-hybridized carbons (Fsp3) is 0.667. The van der Waals surface area contributed by atoms with Gasteiger partial charge in [-0.25, -0.2) is 0 Å². The summed E-state index contributed by atoms with van der Waals surface area (Å²) in [5.41, 5.74) is 7.32. The van der Waals surface area contributed by atoms with Crippen LogP contribution >= 0.6 is 11.6 Å². The maximum Gasteiger partial charge on any atom is 0.221 e. The highest BCUT2D eigenvalue weighted by Crippen LogP contribution is 2.55. The zero-order valence-electron chi connectivity index (χ0n) is 15.5. The van der Waals surface area contributed by atoms with Crippen LogP contribution in [0.5, 0.6) is 0 Å². The lowest BCUT2D eigenvalue weighted by molar-refractivity contribution is -0.128. The first kappa shape index (κ1) is 19.3. The fourth-order valence-electron chi connectivity index (χ4n) is 4.57. The molecular weight excluding hydrogens is 318 g/mol. The highest BCUT2D eigenvalue weighted by Gasteiger charge is 2.50. The molecule has 1 saturated carbocycles. The Labute approximate surface area is 152 Å². The monoisotopic (exact) mass is 349 g/mol. The predicted octanol–water partition coefficient (Wildman–Crippen LogP) is 5.57. The number of hydrogen-bond donors (Lipinski definition) is 1. The SMILES string of the molecule is CCC(C)C(C(N)=O)C(CC(C)C)C1(c2ccc(Cl)cc2)CCC1. The molecule has 134 valence electrons. The van der Waals surface area contributed by atoms with Gasteiger partial charge in [0, 0.05) is 10.9 Å². The van der Waals surface area contributed by atoms with Gasteiger partial charge < -0.3 is 5.73 Å². The molecular formula is C21H32ClNO. The Kier molecular flexibility index (Phi) is 6.36.